The topological polar surface area (TPSA) is 75.5 Å². The van der Waals surface area contributed by atoms with Crippen LogP contribution >= 0.6 is 0 Å². The number of hydrogen-bond donors (Lipinski definition) is 0. The standard InChI is InChI=1S/C18H25N5O3/c1-11(2)8-23-16(24)14-15(20(4)18(23)25)19-17-21(12(3)9-22(14)17)10-13-6-5-7-26-13/h9,11,13H,5-8,10H2,1-4H3/t13-/m1/s1. The van der Waals surface area contributed by atoms with Gasteiger partial charge in [0.1, 0.15) is 0 Å². The van der Waals surface area contributed by atoms with Crippen molar-refractivity contribution >= 4 is 16.9 Å². The molecule has 0 N–H and O–H groups in total. The first-order valence-corrected chi connectivity index (χ1v) is 9.17. The Hall–Kier alpha value is -2.35. The van der Waals surface area contributed by atoms with E-state index in [1.54, 1.807) is 7.05 Å². The number of nitrogens with zero attached hydrogens (tertiary/aromatic N) is 5. The van der Waals surface area contributed by atoms with Crippen molar-refractivity contribution < 1.29 is 4.74 Å². The molecule has 0 radical (unpaired) electrons. The van der Waals surface area contributed by atoms with Gasteiger partial charge in [-0.2, -0.15) is 4.98 Å². The Bertz CT molecular complexity index is 1090. The molecule has 1 aliphatic heterocycles. The van der Waals surface area contributed by atoms with E-state index >= 15 is 0 Å². The molecule has 4 heterocycles. The fraction of sp³-hybridized carbons (Fsp3) is 0.611. The minimum atomic E-state index is -0.320. The summed E-state index contributed by atoms with van der Waals surface area (Å²) in [6, 6.07) is 0. The van der Waals surface area contributed by atoms with Gasteiger partial charge in [-0.05, 0) is 25.7 Å². The van der Waals surface area contributed by atoms with Gasteiger partial charge in [0.25, 0.3) is 5.56 Å². The highest BCUT2D eigenvalue weighted by molar-refractivity contribution is 5.75. The summed E-state index contributed by atoms with van der Waals surface area (Å²) in [5.41, 5.74) is 1.31. The predicted octanol–water partition coefficient (Wildman–Crippen LogP) is 1.29. The highest BCUT2D eigenvalue weighted by atomic mass is 16.5. The number of imidazole rings is 2. The van der Waals surface area contributed by atoms with Gasteiger partial charge in [0.2, 0.25) is 5.78 Å². The molecule has 26 heavy (non-hydrogen) atoms. The Morgan fingerprint density at radius 3 is 2.73 bits per heavy atom. The van der Waals surface area contributed by atoms with E-state index in [1.165, 1.54) is 9.13 Å². The Morgan fingerprint density at radius 2 is 2.08 bits per heavy atom. The van der Waals surface area contributed by atoms with E-state index in [0.29, 0.717) is 30.0 Å². The van der Waals surface area contributed by atoms with Crippen molar-refractivity contribution in [2.75, 3.05) is 6.61 Å². The number of fused-ring (bicyclic) bond motifs is 3. The molecule has 8 nitrogen and oxygen atoms in total. The molecule has 1 saturated heterocycles. The van der Waals surface area contributed by atoms with Crippen molar-refractivity contribution in [2.24, 2.45) is 13.0 Å². The van der Waals surface area contributed by atoms with Crippen LogP contribution in [0.1, 0.15) is 32.4 Å². The quantitative estimate of drug-likeness (QED) is 0.703. The lowest BCUT2D eigenvalue weighted by Gasteiger charge is -2.11. The van der Waals surface area contributed by atoms with Gasteiger partial charge in [-0.3, -0.25) is 18.3 Å². The molecule has 0 bridgehead atoms. The minimum absolute atomic E-state index is 0.172. The van der Waals surface area contributed by atoms with Gasteiger partial charge in [-0.25, -0.2) is 4.79 Å². The summed E-state index contributed by atoms with van der Waals surface area (Å²) < 4.78 is 12.4. The number of ether oxygens (including phenoxy) is 1. The molecule has 8 heteroatoms. The zero-order chi connectivity index (χ0) is 18.6. The van der Waals surface area contributed by atoms with Crippen LogP contribution in [0.3, 0.4) is 0 Å². The van der Waals surface area contributed by atoms with Crippen LogP contribution in [0.15, 0.2) is 15.8 Å². The van der Waals surface area contributed by atoms with Crippen LogP contribution in [0.4, 0.5) is 0 Å². The smallest absolute Gasteiger partial charge is 0.332 e. The van der Waals surface area contributed by atoms with E-state index in [0.717, 1.165) is 25.1 Å². The van der Waals surface area contributed by atoms with E-state index in [4.69, 9.17) is 4.74 Å². The van der Waals surface area contributed by atoms with Crippen molar-refractivity contribution in [3.8, 4) is 0 Å². The van der Waals surface area contributed by atoms with Crippen molar-refractivity contribution in [3.63, 3.8) is 0 Å². The summed E-state index contributed by atoms with van der Waals surface area (Å²) in [6.45, 7) is 7.88. The van der Waals surface area contributed by atoms with Crippen LogP contribution < -0.4 is 11.2 Å². The summed E-state index contributed by atoms with van der Waals surface area (Å²) in [5, 5.41) is 0. The molecule has 1 atom stereocenters. The normalized spacial score (nSPS) is 18.0. The van der Waals surface area contributed by atoms with Crippen LogP contribution in [0.5, 0.6) is 0 Å². The average Bonchev–Trinajstić information content (AvgIpc) is 3.28. The molecule has 3 aromatic rings. The van der Waals surface area contributed by atoms with E-state index in [2.05, 4.69) is 9.55 Å². The maximum Gasteiger partial charge on any atom is 0.332 e. The number of hydrogen-bond acceptors (Lipinski definition) is 4. The number of aryl methyl sites for hydroxylation is 2. The summed E-state index contributed by atoms with van der Waals surface area (Å²) in [4.78, 5) is 30.3. The molecule has 4 rings (SSSR count). The second-order valence-corrected chi connectivity index (χ2v) is 7.62. The van der Waals surface area contributed by atoms with Gasteiger partial charge in [-0.15, -0.1) is 0 Å². The third-order valence-corrected chi connectivity index (χ3v) is 5.10. The van der Waals surface area contributed by atoms with Gasteiger partial charge in [0.05, 0.1) is 12.6 Å². The van der Waals surface area contributed by atoms with E-state index < -0.39 is 0 Å². The van der Waals surface area contributed by atoms with E-state index in [9.17, 15) is 9.59 Å². The average molecular weight is 359 g/mol. The summed E-state index contributed by atoms with van der Waals surface area (Å²) >= 11 is 0. The van der Waals surface area contributed by atoms with Crippen molar-refractivity contribution in [2.45, 2.75) is 52.8 Å². The van der Waals surface area contributed by atoms with E-state index in [1.807, 2.05) is 31.4 Å². The van der Waals surface area contributed by atoms with Crippen LogP contribution in [-0.4, -0.2) is 35.8 Å². The summed E-state index contributed by atoms with van der Waals surface area (Å²) in [7, 11) is 1.67. The van der Waals surface area contributed by atoms with Crippen LogP contribution in [-0.2, 0) is 24.9 Å². The van der Waals surface area contributed by atoms with Gasteiger partial charge in [0, 0.05) is 32.1 Å². The zero-order valence-corrected chi connectivity index (χ0v) is 15.7. The molecule has 0 amide bonds. The molecule has 140 valence electrons. The number of aromatic nitrogens is 5. The molecule has 0 saturated carbocycles. The number of rotatable bonds is 4. The summed E-state index contributed by atoms with van der Waals surface area (Å²) in [5.74, 6) is 0.884. The van der Waals surface area contributed by atoms with Crippen LogP contribution in [0.2, 0.25) is 0 Å². The van der Waals surface area contributed by atoms with Gasteiger partial charge >= 0.3 is 5.69 Å². The van der Waals surface area contributed by atoms with Gasteiger partial charge in [0.15, 0.2) is 11.2 Å². The highest BCUT2D eigenvalue weighted by Gasteiger charge is 2.23. The SMILES string of the molecule is Cc1cn2c3c(=O)n(CC(C)C)c(=O)n(C)c3nc2n1C[C@H]1CCCO1. The Labute approximate surface area is 150 Å². The largest absolute Gasteiger partial charge is 0.376 e. The fourth-order valence-corrected chi connectivity index (χ4v) is 3.80. The molecular weight excluding hydrogens is 334 g/mol. The first-order valence-electron chi connectivity index (χ1n) is 9.17. The van der Waals surface area contributed by atoms with Crippen molar-refractivity contribution in [1.29, 1.82) is 0 Å². The van der Waals surface area contributed by atoms with Gasteiger partial charge < -0.3 is 9.30 Å². The van der Waals surface area contributed by atoms with Crippen LogP contribution in [0.25, 0.3) is 16.9 Å². The Balaban J connectivity index is 1.96. The minimum Gasteiger partial charge on any atom is -0.376 e. The third kappa shape index (κ3) is 2.51. The maximum absolute atomic E-state index is 13.0. The Kier molecular flexibility index (Phi) is 4.02. The lowest BCUT2D eigenvalue weighted by atomic mass is 10.2. The molecule has 0 unspecified atom stereocenters. The lowest BCUT2D eigenvalue weighted by Crippen LogP contribution is -2.40. The maximum atomic E-state index is 13.0. The van der Waals surface area contributed by atoms with Crippen molar-refractivity contribution in [3.05, 3.63) is 32.7 Å². The zero-order valence-electron chi connectivity index (χ0n) is 15.7. The lowest BCUT2D eigenvalue weighted by molar-refractivity contribution is 0.0974. The van der Waals surface area contributed by atoms with E-state index in [-0.39, 0.29) is 23.3 Å². The van der Waals surface area contributed by atoms with Gasteiger partial charge in [-0.1, -0.05) is 13.8 Å². The second-order valence-electron chi connectivity index (χ2n) is 7.62. The molecule has 0 aromatic carbocycles. The fourth-order valence-electron chi connectivity index (χ4n) is 3.80. The first kappa shape index (κ1) is 17.1. The summed E-state index contributed by atoms with van der Waals surface area (Å²) in [6.07, 6.45) is 4.20. The van der Waals surface area contributed by atoms with Crippen molar-refractivity contribution in [1.82, 2.24) is 23.1 Å². The van der Waals surface area contributed by atoms with Crippen LogP contribution in [0, 0.1) is 12.8 Å². The molecule has 1 aliphatic rings. The monoisotopic (exact) mass is 359 g/mol. The Morgan fingerprint density at radius 1 is 1.31 bits per heavy atom. The molecular formula is C18H25N5O3. The predicted molar refractivity (Wildman–Crippen MR) is 98.7 cm³/mol. The third-order valence-electron chi connectivity index (χ3n) is 5.10. The molecule has 0 spiro atoms. The molecule has 0 aliphatic carbocycles. The highest BCUT2D eigenvalue weighted by Crippen LogP contribution is 2.20. The first-order chi connectivity index (χ1) is 12.4. The molecule has 1 fully saturated rings. The second kappa shape index (κ2) is 6.12. The molecule has 3 aromatic heterocycles.